The third-order valence-electron chi connectivity index (χ3n) is 1.60. The van der Waals surface area contributed by atoms with Crippen molar-refractivity contribution in [3.05, 3.63) is 22.8 Å². The topological polar surface area (TPSA) is 70.4 Å². The highest BCUT2D eigenvalue weighted by Gasteiger charge is 2.10. The molecule has 1 rings (SSSR count). The van der Waals surface area contributed by atoms with Crippen molar-refractivity contribution in [3.8, 4) is 0 Å². The average molecular weight is 248 g/mol. The zero-order chi connectivity index (χ0) is 11.4. The van der Waals surface area contributed by atoms with Gasteiger partial charge in [-0.05, 0) is 12.1 Å². The summed E-state index contributed by atoms with van der Waals surface area (Å²) in [7, 11) is 0. The van der Waals surface area contributed by atoms with Gasteiger partial charge in [0.15, 0.2) is 0 Å². The molecule has 1 unspecified atom stereocenters. The first-order valence-corrected chi connectivity index (χ1v) is 5.47. The minimum absolute atomic E-state index is 0.00125. The van der Waals surface area contributed by atoms with Crippen molar-refractivity contribution in [3.63, 3.8) is 0 Å². The molecule has 1 aromatic heterocycles. The number of carboxylic acids is 1. The molecule has 6 heteroatoms. The fourth-order valence-electron chi connectivity index (χ4n) is 0.900. The molecule has 1 aromatic rings. The van der Waals surface area contributed by atoms with E-state index in [0.717, 1.165) is 0 Å². The largest absolute Gasteiger partial charge is 0.478 e. The van der Waals surface area contributed by atoms with Crippen LogP contribution in [0.25, 0.3) is 0 Å². The molecule has 0 radical (unpaired) electrons. The molecule has 4 nitrogen and oxygen atoms in total. The summed E-state index contributed by atoms with van der Waals surface area (Å²) in [6, 6.07) is 2.72. The van der Waals surface area contributed by atoms with E-state index in [1.807, 2.05) is 6.92 Å². The number of hydrogen-bond donors (Lipinski definition) is 2. The lowest BCUT2D eigenvalue weighted by atomic mass is 10.3. The molecular weight excluding hydrogens is 238 g/mol. The van der Waals surface area contributed by atoms with Gasteiger partial charge < -0.3 is 10.2 Å². The Morgan fingerprint density at radius 1 is 1.67 bits per heavy atom. The molecule has 0 aliphatic heterocycles. The number of thioether (sulfide) groups is 1. The molecule has 0 bridgehead atoms. The number of nitrogens with zero attached hydrogens (tertiary/aromatic N) is 1. The fourth-order valence-corrected chi connectivity index (χ4v) is 1.99. The third-order valence-corrected chi connectivity index (χ3v) is 2.79. The Morgan fingerprint density at radius 3 is 2.87 bits per heavy atom. The van der Waals surface area contributed by atoms with Crippen molar-refractivity contribution in [1.82, 2.24) is 4.98 Å². The van der Waals surface area contributed by atoms with Gasteiger partial charge in [0.25, 0.3) is 0 Å². The first-order valence-electron chi connectivity index (χ1n) is 4.21. The average Bonchev–Trinajstić information content (AvgIpc) is 2.16. The number of carboxylic acid groups (broad SMARTS) is 1. The van der Waals surface area contributed by atoms with E-state index in [1.54, 1.807) is 0 Å². The van der Waals surface area contributed by atoms with E-state index < -0.39 is 5.97 Å². The van der Waals surface area contributed by atoms with Crippen molar-refractivity contribution in [2.24, 2.45) is 0 Å². The molecule has 1 atom stereocenters. The van der Waals surface area contributed by atoms with Gasteiger partial charge in [-0.1, -0.05) is 18.5 Å². The summed E-state index contributed by atoms with van der Waals surface area (Å²) in [6.07, 6.45) is 0. The smallest absolute Gasteiger partial charge is 0.335 e. The van der Waals surface area contributed by atoms with E-state index in [4.69, 9.17) is 21.8 Å². The van der Waals surface area contributed by atoms with Crippen LogP contribution in [0.5, 0.6) is 0 Å². The molecule has 0 spiro atoms. The van der Waals surface area contributed by atoms with Gasteiger partial charge in [0, 0.05) is 5.25 Å². The number of aliphatic hydroxyl groups excluding tert-OH is 1. The zero-order valence-corrected chi connectivity index (χ0v) is 9.55. The van der Waals surface area contributed by atoms with Crippen LogP contribution in [0.2, 0.25) is 5.15 Å². The fraction of sp³-hybridized carbons (Fsp3) is 0.333. The Morgan fingerprint density at radius 2 is 2.33 bits per heavy atom. The van der Waals surface area contributed by atoms with E-state index in [2.05, 4.69) is 4.98 Å². The molecule has 15 heavy (non-hydrogen) atoms. The van der Waals surface area contributed by atoms with Gasteiger partial charge in [-0.3, -0.25) is 0 Å². The molecule has 0 amide bonds. The van der Waals surface area contributed by atoms with Crippen LogP contribution in [0.1, 0.15) is 17.3 Å². The molecule has 0 aliphatic carbocycles. The number of halogens is 1. The van der Waals surface area contributed by atoms with E-state index in [0.29, 0.717) is 5.03 Å². The van der Waals surface area contributed by atoms with Crippen LogP contribution < -0.4 is 0 Å². The monoisotopic (exact) mass is 247 g/mol. The lowest BCUT2D eigenvalue weighted by Gasteiger charge is -2.07. The first kappa shape index (κ1) is 12.3. The predicted octanol–water partition coefficient (Wildman–Crippen LogP) is 1.91. The molecule has 0 fully saturated rings. The maximum Gasteiger partial charge on any atom is 0.335 e. The van der Waals surface area contributed by atoms with Gasteiger partial charge in [-0.2, -0.15) is 0 Å². The highest BCUT2D eigenvalue weighted by Crippen LogP contribution is 2.24. The van der Waals surface area contributed by atoms with Gasteiger partial charge in [-0.15, -0.1) is 11.8 Å². The van der Waals surface area contributed by atoms with Crippen LogP contribution in [-0.2, 0) is 0 Å². The number of pyridine rings is 1. The number of carbonyl (C=O) groups is 1. The van der Waals surface area contributed by atoms with Gasteiger partial charge in [-0.25, -0.2) is 9.78 Å². The van der Waals surface area contributed by atoms with Crippen LogP contribution >= 0.6 is 23.4 Å². The highest BCUT2D eigenvalue weighted by molar-refractivity contribution is 7.99. The number of hydrogen-bond acceptors (Lipinski definition) is 4. The van der Waals surface area contributed by atoms with Gasteiger partial charge in [0.2, 0.25) is 0 Å². The maximum absolute atomic E-state index is 10.7. The third kappa shape index (κ3) is 3.70. The maximum atomic E-state index is 10.7. The van der Waals surface area contributed by atoms with Gasteiger partial charge >= 0.3 is 5.97 Å². The first-order chi connectivity index (χ1) is 7.02. The van der Waals surface area contributed by atoms with Crippen LogP contribution in [-0.4, -0.2) is 33.0 Å². The van der Waals surface area contributed by atoms with Crippen LogP contribution in [0.3, 0.4) is 0 Å². The van der Waals surface area contributed by atoms with Crippen LogP contribution in [0.4, 0.5) is 0 Å². The minimum Gasteiger partial charge on any atom is -0.478 e. The Kier molecular flexibility index (Phi) is 4.38. The second kappa shape index (κ2) is 5.34. The second-order valence-corrected chi connectivity index (χ2v) is 4.78. The molecule has 0 aliphatic rings. The Labute approximate surface area is 96.3 Å². The van der Waals surface area contributed by atoms with E-state index in [-0.39, 0.29) is 22.6 Å². The summed E-state index contributed by atoms with van der Waals surface area (Å²) in [5.41, 5.74) is 0.0997. The van der Waals surface area contributed by atoms with Crippen molar-refractivity contribution < 1.29 is 15.0 Å². The summed E-state index contributed by atoms with van der Waals surface area (Å²) in [6.45, 7) is 1.81. The van der Waals surface area contributed by atoms with E-state index >= 15 is 0 Å². The normalized spacial score (nSPS) is 12.5. The van der Waals surface area contributed by atoms with E-state index in [1.165, 1.54) is 23.9 Å². The molecule has 0 saturated carbocycles. The predicted molar refractivity (Wildman–Crippen MR) is 58.6 cm³/mol. The van der Waals surface area contributed by atoms with Crippen molar-refractivity contribution >= 4 is 29.3 Å². The molecule has 0 saturated heterocycles. The Balaban J connectivity index is 2.93. The lowest BCUT2D eigenvalue weighted by molar-refractivity contribution is 0.0696. The second-order valence-electron chi connectivity index (χ2n) is 2.93. The molecule has 1 heterocycles. The summed E-state index contributed by atoms with van der Waals surface area (Å²) < 4.78 is 0. The highest BCUT2D eigenvalue weighted by atomic mass is 35.5. The van der Waals surface area contributed by atoms with Gasteiger partial charge in [0.05, 0.1) is 17.2 Å². The lowest BCUT2D eigenvalue weighted by Crippen LogP contribution is -2.04. The van der Waals surface area contributed by atoms with Crippen LogP contribution in [0, 0.1) is 0 Å². The summed E-state index contributed by atoms with van der Waals surface area (Å²) in [5.74, 6) is -1.04. The number of rotatable bonds is 4. The van der Waals surface area contributed by atoms with E-state index in [9.17, 15) is 4.79 Å². The zero-order valence-electron chi connectivity index (χ0n) is 7.98. The van der Waals surface area contributed by atoms with Crippen molar-refractivity contribution in [2.45, 2.75) is 17.2 Å². The number of aromatic carboxylic acids is 1. The standard InChI is InChI=1S/C9H10ClNO3S/c1-5(4-12)15-8-3-6(9(13)14)2-7(10)11-8/h2-3,5,12H,4H2,1H3,(H,13,14). The summed E-state index contributed by atoms with van der Waals surface area (Å²) >= 11 is 6.95. The Hall–Kier alpha value is -0.780. The molecule has 82 valence electrons. The number of aliphatic hydroxyl groups is 1. The Bertz CT molecular complexity index is 372. The minimum atomic E-state index is -1.04. The SMILES string of the molecule is CC(CO)Sc1cc(C(=O)O)cc(Cl)n1. The van der Waals surface area contributed by atoms with Crippen molar-refractivity contribution in [1.29, 1.82) is 0 Å². The quantitative estimate of drug-likeness (QED) is 0.628. The molecular formula is C9H10ClNO3S. The number of aromatic nitrogens is 1. The summed E-state index contributed by atoms with van der Waals surface area (Å²) in [4.78, 5) is 14.7. The van der Waals surface area contributed by atoms with Crippen molar-refractivity contribution in [2.75, 3.05) is 6.61 Å². The van der Waals surface area contributed by atoms with Crippen LogP contribution in [0.15, 0.2) is 17.2 Å². The molecule has 2 N–H and O–H groups in total. The summed E-state index contributed by atoms with van der Waals surface area (Å²) in [5, 5.41) is 18.2. The molecule has 0 aromatic carbocycles. The van der Waals surface area contributed by atoms with Gasteiger partial charge in [0.1, 0.15) is 5.15 Å².